The Bertz CT molecular complexity index is 71.5. The van der Waals surface area contributed by atoms with Crippen LogP contribution in [0.3, 0.4) is 0 Å². The minimum Gasteiger partial charge on any atom is -0.114 e. The van der Waals surface area contributed by atoms with E-state index in [1.54, 1.807) is 0 Å². The van der Waals surface area contributed by atoms with Crippen LogP contribution in [0.4, 0.5) is 0 Å². The zero-order valence-electron chi connectivity index (χ0n) is 8.54. The molecule has 0 aliphatic heterocycles. The molecule has 0 aromatic carbocycles. The van der Waals surface area contributed by atoms with Crippen molar-refractivity contribution in [2.45, 2.75) is 13.8 Å². The first-order valence-corrected chi connectivity index (χ1v) is 8.39. The van der Waals surface area contributed by atoms with Gasteiger partial charge in [0.15, 0.2) is 0 Å². The van der Waals surface area contributed by atoms with Crippen LogP contribution >= 0.6 is 49.8 Å². The summed E-state index contributed by atoms with van der Waals surface area (Å²) in [4.78, 5) is 0. The van der Waals surface area contributed by atoms with Gasteiger partial charge in [-0.3, -0.25) is 0 Å². The van der Waals surface area contributed by atoms with Crippen molar-refractivity contribution < 1.29 is 0 Å². The third kappa shape index (κ3) is 11.8. The third-order valence-corrected chi connectivity index (χ3v) is 6.43. The highest BCUT2D eigenvalue weighted by Crippen LogP contribution is 2.37. The maximum atomic E-state index is 2.42. The Balaban J connectivity index is -0.000000405. The molecule has 0 aromatic heterocycles. The molecule has 12 heavy (non-hydrogen) atoms. The second kappa shape index (κ2) is 12.8. The molecule has 78 valence electrons. The van der Waals surface area contributed by atoms with Gasteiger partial charge in [0.05, 0.1) is 0 Å². The second-order valence-electron chi connectivity index (χ2n) is 2.79. The van der Waals surface area contributed by atoms with Gasteiger partial charge in [-0.05, 0) is 38.0 Å². The van der Waals surface area contributed by atoms with Crippen LogP contribution in [-0.4, -0.2) is 38.0 Å². The summed E-state index contributed by atoms with van der Waals surface area (Å²) in [6.45, 7) is 9.48. The standard InChI is InChI=1S/C8H20P2.2BrH/c1-5-9(3)7-8-10(4)6-2;;/h5-8H2,1-4H3;2*1H. The summed E-state index contributed by atoms with van der Waals surface area (Å²) in [6.07, 6.45) is 5.87. The average Bonchev–Trinajstić information content (AvgIpc) is 1.99. The van der Waals surface area contributed by atoms with Gasteiger partial charge in [0.1, 0.15) is 0 Å². The maximum absolute atomic E-state index is 2.42. The van der Waals surface area contributed by atoms with E-state index in [1.807, 2.05) is 0 Å². The van der Waals surface area contributed by atoms with Crippen LogP contribution < -0.4 is 0 Å². The number of halogens is 2. The Kier molecular flexibility index (Phi) is 20.7. The van der Waals surface area contributed by atoms with Crippen LogP contribution in [0.25, 0.3) is 0 Å². The predicted octanol–water partition coefficient (Wildman–Crippen LogP) is 4.41. The van der Waals surface area contributed by atoms with Crippen molar-refractivity contribution in [3.05, 3.63) is 0 Å². The van der Waals surface area contributed by atoms with Crippen LogP contribution in [0.1, 0.15) is 13.8 Å². The first-order valence-electron chi connectivity index (χ1n) is 4.07. The van der Waals surface area contributed by atoms with E-state index in [1.165, 1.54) is 24.6 Å². The Morgan fingerprint density at radius 2 is 1.00 bits per heavy atom. The number of hydrogen-bond acceptors (Lipinski definition) is 0. The van der Waals surface area contributed by atoms with Crippen molar-refractivity contribution in [2.75, 3.05) is 38.0 Å². The molecule has 0 spiro atoms. The number of rotatable bonds is 5. The smallest absolute Gasteiger partial charge is 0.0289 e. The van der Waals surface area contributed by atoms with Crippen molar-refractivity contribution in [3.8, 4) is 0 Å². The van der Waals surface area contributed by atoms with Crippen LogP contribution in [0.15, 0.2) is 0 Å². The maximum Gasteiger partial charge on any atom is -0.0289 e. The second-order valence-corrected chi connectivity index (χ2v) is 8.38. The molecule has 0 saturated heterocycles. The van der Waals surface area contributed by atoms with E-state index in [0.29, 0.717) is 15.8 Å². The van der Waals surface area contributed by atoms with Crippen molar-refractivity contribution in [1.82, 2.24) is 0 Å². The summed E-state index contributed by atoms with van der Waals surface area (Å²) in [6, 6.07) is 0. The van der Waals surface area contributed by atoms with Crippen molar-refractivity contribution in [2.24, 2.45) is 0 Å². The summed E-state index contributed by atoms with van der Waals surface area (Å²) in [5.74, 6) is 0. The van der Waals surface area contributed by atoms with E-state index in [4.69, 9.17) is 0 Å². The molecule has 0 aromatic rings. The fourth-order valence-corrected chi connectivity index (χ4v) is 4.02. The lowest BCUT2D eigenvalue weighted by Gasteiger charge is -2.12. The quantitative estimate of drug-likeness (QED) is 0.651. The molecule has 0 fully saturated rings. The summed E-state index contributed by atoms with van der Waals surface area (Å²) >= 11 is 0. The molecule has 4 heteroatoms. The Morgan fingerprint density at radius 3 is 1.17 bits per heavy atom. The summed E-state index contributed by atoms with van der Waals surface area (Å²) in [5, 5.41) is 0. The monoisotopic (exact) mass is 338 g/mol. The van der Waals surface area contributed by atoms with E-state index in [0.717, 1.165) is 0 Å². The van der Waals surface area contributed by atoms with Crippen LogP contribution in [0.5, 0.6) is 0 Å². The highest BCUT2D eigenvalue weighted by molar-refractivity contribution is 8.93. The lowest BCUT2D eigenvalue weighted by atomic mass is 10.9. The van der Waals surface area contributed by atoms with E-state index in [2.05, 4.69) is 27.2 Å². The molecule has 0 aliphatic carbocycles. The lowest BCUT2D eigenvalue weighted by molar-refractivity contribution is 1.38. The summed E-state index contributed by atoms with van der Waals surface area (Å²) < 4.78 is 0. The topological polar surface area (TPSA) is 0 Å². The molecule has 0 nitrogen and oxygen atoms in total. The summed E-state index contributed by atoms with van der Waals surface area (Å²) in [7, 11) is 0.799. The van der Waals surface area contributed by atoms with Crippen molar-refractivity contribution in [1.29, 1.82) is 0 Å². The van der Waals surface area contributed by atoms with Gasteiger partial charge >= 0.3 is 0 Å². The molecular weight excluding hydrogens is 318 g/mol. The molecule has 0 saturated carbocycles. The van der Waals surface area contributed by atoms with Gasteiger partial charge in [0.2, 0.25) is 0 Å². The van der Waals surface area contributed by atoms with Gasteiger partial charge in [-0.2, -0.15) is 0 Å². The highest BCUT2D eigenvalue weighted by Gasteiger charge is 2.00. The molecule has 0 aliphatic rings. The molecule has 2 atom stereocenters. The lowest BCUT2D eigenvalue weighted by Crippen LogP contribution is -1.92. The molecule has 0 bridgehead atoms. The molecule has 0 N–H and O–H groups in total. The first-order chi connectivity index (χ1) is 4.70. The minimum atomic E-state index is 0. The van der Waals surface area contributed by atoms with Gasteiger partial charge in [-0.15, -0.1) is 49.8 Å². The Morgan fingerprint density at radius 1 is 0.750 bits per heavy atom. The molecule has 0 amide bonds. The van der Waals surface area contributed by atoms with E-state index < -0.39 is 0 Å². The van der Waals surface area contributed by atoms with Crippen LogP contribution in [-0.2, 0) is 0 Å². The average molecular weight is 340 g/mol. The van der Waals surface area contributed by atoms with E-state index >= 15 is 0 Å². The van der Waals surface area contributed by atoms with Gasteiger partial charge in [0, 0.05) is 0 Å². The fraction of sp³-hybridized carbons (Fsp3) is 1.00. The van der Waals surface area contributed by atoms with Gasteiger partial charge in [-0.1, -0.05) is 13.8 Å². The van der Waals surface area contributed by atoms with Gasteiger partial charge < -0.3 is 0 Å². The fourth-order valence-electron chi connectivity index (χ4n) is 0.658. The highest BCUT2D eigenvalue weighted by atomic mass is 79.9. The van der Waals surface area contributed by atoms with E-state index in [9.17, 15) is 0 Å². The predicted molar refractivity (Wildman–Crippen MR) is 77.1 cm³/mol. The van der Waals surface area contributed by atoms with Crippen LogP contribution in [0.2, 0.25) is 0 Å². The molecule has 0 radical (unpaired) electrons. The summed E-state index contributed by atoms with van der Waals surface area (Å²) in [5.41, 5.74) is 0. The molecule has 0 heterocycles. The van der Waals surface area contributed by atoms with Crippen LogP contribution in [0, 0.1) is 0 Å². The zero-order chi connectivity index (χ0) is 7.98. The largest absolute Gasteiger partial charge is 0.114 e. The Labute approximate surface area is 101 Å². The number of hydrogen-bond donors (Lipinski definition) is 0. The normalized spacial score (nSPS) is 14.0. The SMILES string of the molecule is Br.Br.CCP(C)CCP(C)CC. The Hall–Kier alpha value is 1.82. The van der Waals surface area contributed by atoms with E-state index in [-0.39, 0.29) is 34.0 Å². The molecule has 0 rings (SSSR count). The molecule has 2 unspecified atom stereocenters. The van der Waals surface area contributed by atoms with Crippen molar-refractivity contribution >= 4 is 49.8 Å². The third-order valence-electron chi connectivity index (χ3n) is 1.94. The minimum absolute atomic E-state index is 0. The first kappa shape index (κ1) is 19.4. The van der Waals surface area contributed by atoms with Gasteiger partial charge in [0.25, 0.3) is 0 Å². The molecular formula is C8H22Br2P2. The zero-order valence-corrected chi connectivity index (χ0v) is 13.8. The van der Waals surface area contributed by atoms with Crippen molar-refractivity contribution in [3.63, 3.8) is 0 Å². The van der Waals surface area contributed by atoms with Gasteiger partial charge in [-0.25, -0.2) is 0 Å².